The van der Waals surface area contributed by atoms with Crippen LogP contribution in [-0.4, -0.2) is 29.9 Å². The summed E-state index contributed by atoms with van der Waals surface area (Å²) >= 11 is 0. The van der Waals surface area contributed by atoms with Crippen LogP contribution in [-0.2, 0) is 12.4 Å². The number of likely N-dealkylation sites (tertiary alicyclic amines) is 1. The number of alkyl halides is 6. The smallest absolute Gasteiger partial charge is 0.366 e. The Labute approximate surface area is 158 Å². The van der Waals surface area contributed by atoms with Gasteiger partial charge < -0.3 is 5.73 Å². The molecule has 3 rings (SSSR count). The molecule has 0 spiro atoms. The second kappa shape index (κ2) is 7.57. The second-order valence-electron chi connectivity index (χ2n) is 7.55. The van der Waals surface area contributed by atoms with Gasteiger partial charge in [0.15, 0.2) is 0 Å². The molecule has 1 aromatic rings. The third-order valence-corrected chi connectivity index (χ3v) is 5.79. The first-order chi connectivity index (χ1) is 13.0. The van der Waals surface area contributed by atoms with E-state index in [9.17, 15) is 31.1 Å². The molecule has 0 radical (unpaired) electrons. The standard InChI is InChI=1S/C19H22F6N2O/c20-18(21,22)11-9-13(16(17(26)28)14(10-11)19(23,24)25)12-5-1-2-6-15(12)27-7-3-4-8-27/h9-10,12,15H,1-8H2,(H2,26,28). The minimum Gasteiger partial charge on any atom is -0.366 e. The van der Waals surface area contributed by atoms with Crippen molar-refractivity contribution in [3.05, 3.63) is 34.4 Å². The summed E-state index contributed by atoms with van der Waals surface area (Å²) in [5.41, 5.74) is 1.21. The minimum atomic E-state index is -5.11. The number of hydrogen-bond donors (Lipinski definition) is 1. The van der Waals surface area contributed by atoms with Crippen molar-refractivity contribution in [3.63, 3.8) is 0 Å². The van der Waals surface area contributed by atoms with E-state index in [4.69, 9.17) is 5.73 Å². The van der Waals surface area contributed by atoms with Crippen LogP contribution >= 0.6 is 0 Å². The molecule has 1 amide bonds. The van der Waals surface area contributed by atoms with Crippen molar-refractivity contribution in [2.24, 2.45) is 5.73 Å². The molecule has 0 aromatic heterocycles. The van der Waals surface area contributed by atoms with E-state index in [1.165, 1.54) is 0 Å². The Morgan fingerprint density at radius 1 is 0.929 bits per heavy atom. The summed E-state index contributed by atoms with van der Waals surface area (Å²) < 4.78 is 80.6. The van der Waals surface area contributed by atoms with Gasteiger partial charge >= 0.3 is 12.4 Å². The van der Waals surface area contributed by atoms with Gasteiger partial charge in [-0.1, -0.05) is 12.8 Å². The Hall–Kier alpha value is -1.77. The average Bonchev–Trinajstić information content (AvgIpc) is 3.13. The Balaban J connectivity index is 2.20. The van der Waals surface area contributed by atoms with Gasteiger partial charge in [0, 0.05) is 12.0 Å². The lowest BCUT2D eigenvalue weighted by Crippen LogP contribution is -2.40. The van der Waals surface area contributed by atoms with Crippen LogP contribution in [0.2, 0.25) is 0 Å². The van der Waals surface area contributed by atoms with Gasteiger partial charge in [-0.2, -0.15) is 26.3 Å². The van der Waals surface area contributed by atoms with E-state index in [1.54, 1.807) is 0 Å². The molecule has 3 nitrogen and oxygen atoms in total. The molecule has 2 unspecified atom stereocenters. The fraction of sp³-hybridized carbons (Fsp3) is 0.632. The molecule has 2 N–H and O–H groups in total. The average molecular weight is 408 g/mol. The lowest BCUT2D eigenvalue weighted by atomic mass is 9.76. The van der Waals surface area contributed by atoms with Crippen molar-refractivity contribution in [2.45, 2.75) is 62.8 Å². The maximum Gasteiger partial charge on any atom is 0.417 e. The van der Waals surface area contributed by atoms with Crippen LogP contribution in [0, 0.1) is 0 Å². The van der Waals surface area contributed by atoms with Gasteiger partial charge in [-0.25, -0.2) is 0 Å². The number of hydrogen-bond acceptors (Lipinski definition) is 2. The van der Waals surface area contributed by atoms with E-state index in [0.29, 0.717) is 25.3 Å². The third-order valence-electron chi connectivity index (χ3n) is 5.79. The quantitative estimate of drug-likeness (QED) is 0.720. The van der Waals surface area contributed by atoms with E-state index in [1.807, 2.05) is 0 Å². The van der Waals surface area contributed by atoms with Gasteiger partial charge in [-0.3, -0.25) is 9.69 Å². The van der Waals surface area contributed by atoms with Crippen LogP contribution in [0.4, 0.5) is 26.3 Å². The number of benzene rings is 1. The first-order valence-corrected chi connectivity index (χ1v) is 9.36. The lowest BCUT2D eigenvalue weighted by molar-refractivity contribution is -0.143. The normalized spacial score (nSPS) is 24.5. The maximum absolute atomic E-state index is 13.5. The summed E-state index contributed by atoms with van der Waals surface area (Å²) in [4.78, 5) is 14.1. The molecule has 1 saturated heterocycles. The van der Waals surface area contributed by atoms with Crippen LogP contribution in [0.5, 0.6) is 0 Å². The zero-order valence-corrected chi connectivity index (χ0v) is 15.2. The molecular formula is C19H22F6N2O. The Kier molecular flexibility index (Phi) is 5.67. The summed E-state index contributed by atoms with van der Waals surface area (Å²) in [5.74, 6) is -1.93. The molecule has 0 bridgehead atoms. The molecule has 2 atom stereocenters. The van der Waals surface area contributed by atoms with Crippen molar-refractivity contribution in [3.8, 4) is 0 Å². The van der Waals surface area contributed by atoms with Crippen LogP contribution in [0.3, 0.4) is 0 Å². The predicted molar refractivity (Wildman–Crippen MR) is 90.8 cm³/mol. The SMILES string of the molecule is NC(=O)c1c(C2CCCCC2N2CCCC2)cc(C(F)(F)F)cc1C(F)(F)F. The summed E-state index contributed by atoms with van der Waals surface area (Å²) in [5, 5.41) is 0. The van der Waals surface area contributed by atoms with Crippen LogP contribution in [0.1, 0.15) is 71.5 Å². The predicted octanol–water partition coefficient (Wildman–Crippen LogP) is 4.95. The van der Waals surface area contributed by atoms with Crippen molar-refractivity contribution in [2.75, 3.05) is 13.1 Å². The summed E-state index contributed by atoms with van der Waals surface area (Å²) in [7, 11) is 0. The fourth-order valence-corrected chi connectivity index (χ4v) is 4.60. The highest BCUT2D eigenvalue weighted by Crippen LogP contribution is 2.45. The minimum absolute atomic E-state index is 0.00270. The van der Waals surface area contributed by atoms with E-state index in [-0.39, 0.29) is 17.7 Å². The number of amides is 1. The highest BCUT2D eigenvalue weighted by Gasteiger charge is 2.43. The largest absolute Gasteiger partial charge is 0.417 e. The first-order valence-electron chi connectivity index (χ1n) is 9.36. The lowest BCUT2D eigenvalue weighted by Gasteiger charge is -2.39. The molecule has 2 fully saturated rings. The Bertz CT molecular complexity index is 737. The van der Waals surface area contributed by atoms with Gasteiger partial charge in [0.05, 0.1) is 16.7 Å². The van der Waals surface area contributed by atoms with E-state index < -0.39 is 40.9 Å². The number of primary amides is 1. The van der Waals surface area contributed by atoms with E-state index in [0.717, 1.165) is 32.4 Å². The molecule has 1 aliphatic heterocycles. The van der Waals surface area contributed by atoms with Gasteiger partial charge in [-0.15, -0.1) is 0 Å². The van der Waals surface area contributed by atoms with E-state index in [2.05, 4.69) is 4.90 Å². The number of carbonyl (C=O) groups excluding carboxylic acids is 1. The van der Waals surface area contributed by atoms with Gasteiger partial charge in [0.25, 0.3) is 0 Å². The second-order valence-corrected chi connectivity index (χ2v) is 7.55. The van der Waals surface area contributed by atoms with Crippen molar-refractivity contribution in [1.82, 2.24) is 4.90 Å². The van der Waals surface area contributed by atoms with Crippen molar-refractivity contribution < 1.29 is 31.1 Å². The fourth-order valence-electron chi connectivity index (χ4n) is 4.60. The van der Waals surface area contributed by atoms with Gasteiger partial charge in [0.1, 0.15) is 0 Å². The van der Waals surface area contributed by atoms with Crippen LogP contribution in [0.15, 0.2) is 12.1 Å². The summed E-state index contributed by atoms with van der Waals surface area (Å²) in [6.07, 6.45) is -5.52. The highest BCUT2D eigenvalue weighted by atomic mass is 19.4. The molecule has 1 heterocycles. The molecule has 156 valence electrons. The van der Waals surface area contributed by atoms with Crippen molar-refractivity contribution >= 4 is 5.91 Å². The number of rotatable bonds is 3. The van der Waals surface area contributed by atoms with Gasteiger partial charge in [-0.05, 0) is 56.5 Å². The van der Waals surface area contributed by atoms with Gasteiger partial charge in [0.2, 0.25) is 5.91 Å². The molecule has 28 heavy (non-hydrogen) atoms. The topological polar surface area (TPSA) is 46.3 Å². The highest BCUT2D eigenvalue weighted by molar-refractivity contribution is 5.96. The third kappa shape index (κ3) is 4.14. The van der Waals surface area contributed by atoms with Crippen LogP contribution < -0.4 is 5.73 Å². The summed E-state index contributed by atoms with van der Waals surface area (Å²) in [6, 6.07) is 0.519. The first kappa shape index (κ1) is 21.0. The van der Waals surface area contributed by atoms with E-state index >= 15 is 0 Å². The monoisotopic (exact) mass is 408 g/mol. The zero-order chi connectivity index (χ0) is 20.7. The molecule has 9 heteroatoms. The number of carbonyl (C=O) groups is 1. The number of nitrogens with zero attached hydrogens (tertiary/aromatic N) is 1. The Morgan fingerprint density at radius 3 is 2.07 bits per heavy atom. The Morgan fingerprint density at radius 2 is 1.54 bits per heavy atom. The summed E-state index contributed by atoms with van der Waals surface area (Å²) in [6.45, 7) is 1.52. The molecular weight excluding hydrogens is 386 g/mol. The molecule has 1 aliphatic carbocycles. The van der Waals surface area contributed by atoms with Crippen molar-refractivity contribution in [1.29, 1.82) is 0 Å². The van der Waals surface area contributed by atoms with Crippen LogP contribution in [0.25, 0.3) is 0 Å². The molecule has 2 aliphatic rings. The number of nitrogens with two attached hydrogens (primary N) is 1. The molecule has 1 aromatic carbocycles. The maximum atomic E-state index is 13.5. The zero-order valence-electron chi connectivity index (χ0n) is 15.2. The molecule has 1 saturated carbocycles. The number of halogens is 6.